The van der Waals surface area contributed by atoms with Gasteiger partial charge in [-0.25, -0.2) is 4.98 Å². The molecule has 0 aromatic heterocycles. The average Bonchev–Trinajstić information content (AvgIpc) is 2.34. The predicted molar refractivity (Wildman–Crippen MR) is 72.8 cm³/mol. The fraction of sp³-hybridized carbons (Fsp3) is 0.167. The molecular weight excluding hydrogens is 244 g/mol. The number of nitrogens with zero attached hydrogens (tertiary/aromatic N) is 4. The summed E-state index contributed by atoms with van der Waals surface area (Å²) in [5, 5.41) is 0. The van der Waals surface area contributed by atoms with Crippen LogP contribution in [0.15, 0.2) is 16.9 Å². The highest BCUT2D eigenvalue weighted by atomic mass is 16.1. The van der Waals surface area contributed by atoms with Crippen molar-refractivity contribution >= 4 is 22.7 Å². The first-order valence-electron chi connectivity index (χ1n) is 5.67. The first kappa shape index (κ1) is 11.4. The van der Waals surface area contributed by atoms with Crippen LogP contribution in [0.5, 0.6) is 0 Å². The molecule has 0 unspecified atom stereocenters. The largest absolute Gasteiger partial charge is 0.398 e. The van der Waals surface area contributed by atoms with Gasteiger partial charge in [0.2, 0.25) is 5.95 Å². The van der Waals surface area contributed by atoms with Crippen LogP contribution in [0, 0.1) is 6.92 Å². The molecular formula is C12H12N6O. The van der Waals surface area contributed by atoms with Crippen molar-refractivity contribution in [3.8, 4) is 11.5 Å². The molecule has 0 saturated carbocycles. The van der Waals surface area contributed by atoms with Gasteiger partial charge >= 0.3 is 5.56 Å². The molecule has 2 aliphatic rings. The maximum absolute atomic E-state index is 11.8. The van der Waals surface area contributed by atoms with Crippen LogP contribution in [0.2, 0.25) is 0 Å². The molecule has 0 atom stereocenters. The molecule has 2 aliphatic heterocycles. The van der Waals surface area contributed by atoms with Gasteiger partial charge in [0, 0.05) is 12.7 Å². The van der Waals surface area contributed by atoms with Crippen LogP contribution in [-0.4, -0.2) is 19.5 Å². The van der Waals surface area contributed by atoms with E-state index in [0.717, 1.165) is 11.1 Å². The Morgan fingerprint density at radius 2 is 1.89 bits per heavy atom. The Morgan fingerprint density at radius 3 is 2.63 bits per heavy atom. The van der Waals surface area contributed by atoms with Gasteiger partial charge in [-0.15, -0.1) is 0 Å². The van der Waals surface area contributed by atoms with E-state index in [-0.39, 0.29) is 11.6 Å². The molecule has 19 heavy (non-hydrogen) atoms. The Labute approximate surface area is 108 Å². The summed E-state index contributed by atoms with van der Waals surface area (Å²) >= 11 is 0. The standard InChI is InChI=1S/C12H12N6O/c1-5-3-7-8(4-6(5)13)18(2)10-9(15-7)11(19)17-12(14)16-10/h3-4H,13H2,1-2H3,(H2,14,17,19). The van der Waals surface area contributed by atoms with Crippen molar-refractivity contribution in [2.24, 2.45) is 7.05 Å². The van der Waals surface area contributed by atoms with E-state index in [1.54, 1.807) is 17.7 Å². The van der Waals surface area contributed by atoms with E-state index >= 15 is 0 Å². The molecule has 1 aromatic carbocycles. The highest BCUT2D eigenvalue weighted by molar-refractivity contribution is 5.83. The molecule has 7 nitrogen and oxygen atoms in total. The number of rotatable bonds is 0. The number of aromatic nitrogens is 4. The van der Waals surface area contributed by atoms with Gasteiger partial charge in [0.1, 0.15) is 0 Å². The van der Waals surface area contributed by atoms with Crippen molar-refractivity contribution in [2.75, 3.05) is 11.5 Å². The summed E-state index contributed by atoms with van der Waals surface area (Å²) in [5.74, 6) is 0.336. The molecule has 96 valence electrons. The number of nitrogen functional groups attached to an aromatic ring is 2. The summed E-state index contributed by atoms with van der Waals surface area (Å²) in [6.45, 7) is 1.89. The Kier molecular flexibility index (Phi) is 2.19. The van der Waals surface area contributed by atoms with Crippen molar-refractivity contribution in [1.29, 1.82) is 0 Å². The third-order valence-electron chi connectivity index (χ3n) is 3.13. The van der Waals surface area contributed by atoms with Crippen molar-refractivity contribution < 1.29 is 0 Å². The minimum atomic E-state index is -0.477. The fourth-order valence-electron chi connectivity index (χ4n) is 2.06. The molecule has 0 amide bonds. The van der Waals surface area contributed by atoms with E-state index in [1.807, 2.05) is 13.0 Å². The topological polar surface area (TPSA) is 113 Å². The Hall–Kier alpha value is -2.70. The molecule has 0 saturated heterocycles. The van der Waals surface area contributed by atoms with Gasteiger partial charge in [-0.05, 0) is 24.6 Å². The van der Waals surface area contributed by atoms with Crippen LogP contribution >= 0.6 is 0 Å². The summed E-state index contributed by atoms with van der Waals surface area (Å²) < 4.78 is 1.74. The molecule has 0 bridgehead atoms. The molecule has 3 rings (SSSR count). The first-order chi connectivity index (χ1) is 8.97. The Bertz CT molecular complexity index is 838. The molecule has 0 radical (unpaired) electrons. The number of hydrogen-bond acceptors (Lipinski definition) is 6. The molecule has 1 aromatic rings. The average molecular weight is 256 g/mol. The second-order valence-electron chi connectivity index (χ2n) is 4.43. The van der Waals surface area contributed by atoms with Gasteiger partial charge in [-0.1, -0.05) is 0 Å². The first-order valence-corrected chi connectivity index (χ1v) is 5.67. The fourth-order valence-corrected chi connectivity index (χ4v) is 2.06. The van der Waals surface area contributed by atoms with Gasteiger partial charge in [-0.3, -0.25) is 4.79 Å². The summed E-state index contributed by atoms with van der Waals surface area (Å²) in [6, 6.07) is 3.64. The molecule has 0 spiro atoms. The number of aryl methyl sites for hydroxylation is 2. The number of fused-ring (bicyclic) bond motifs is 2. The van der Waals surface area contributed by atoms with Crippen LogP contribution in [0.25, 0.3) is 22.6 Å². The second-order valence-corrected chi connectivity index (χ2v) is 4.43. The monoisotopic (exact) mass is 256 g/mol. The highest BCUT2D eigenvalue weighted by Crippen LogP contribution is 2.24. The lowest BCUT2D eigenvalue weighted by molar-refractivity contribution is 0.893. The Morgan fingerprint density at radius 1 is 1.16 bits per heavy atom. The van der Waals surface area contributed by atoms with Crippen LogP contribution in [-0.2, 0) is 7.05 Å². The van der Waals surface area contributed by atoms with Crippen molar-refractivity contribution in [2.45, 2.75) is 6.92 Å². The maximum atomic E-state index is 11.8. The van der Waals surface area contributed by atoms with Gasteiger partial charge in [0.25, 0.3) is 0 Å². The molecule has 0 fully saturated rings. The van der Waals surface area contributed by atoms with Gasteiger partial charge in [0.15, 0.2) is 11.5 Å². The molecule has 2 heterocycles. The van der Waals surface area contributed by atoms with Crippen LogP contribution in [0.1, 0.15) is 5.56 Å². The van der Waals surface area contributed by atoms with Gasteiger partial charge in [0.05, 0.1) is 11.0 Å². The minimum Gasteiger partial charge on any atom is -0.398 e. The highest BCUT2D eigenvalue weighted by Gasteiger charge is 2.17. The number of anilines is 2. The summed E-state index contributed by atoms with van der Waals surface area (Å²) in [6.07, 6.45) is 0. The normalized spacial score (nSPS) is 11.3. The number of nitrogens with two attached hydrogens (primary N) is 2. The number of hydrogen-bond donors (Lipinski definition) is 2. The maximum Gasteiger partial charge on any atom is 0.302 e. The quantitative estimate of drug-likeness (QED) is 0.442. The van der Waals surface area contributed by atoms with Crippen LogP contribution < -0.4 is 17.0 Å². The summed E-state index contributed by atoms with van der Waals surface area (Å²) in [5.41, 5.74) is 14.2. The minimum absolute atomic E-state index is 0.0608. The van der Waals surface area contributed by atoms with Gasteiger partial charge < -0.3 is 16.0 Å². The van der Waals surface area contributed by atoms with Crippen molar-refractivity contribution in [3.05, 3.63) is 28.0 Å². The Balaban J connectivity index is 2.57. The lowest BCUT2D eigenvalue weighted by Crippen LogP contribution is -2.20. The predicted octanol–water partition coefficient (Wildman–Crippen LogP) is 0.301. The number of benzene rings is 1. The van der Waals surface area contributed by atoms with Crippen LogP contribution in [0.4, 0.5) is 11.6 Å². The smallest absolute Gasteiger partial charge is 0.302 e. The van der Waals surface area contributed by atoms with E-state index in [9.17, 15) is 4.79 Å². The summed E-state index contributed by atoms with van der Waals surface area (Å²) in [4.78, 5) is 23.8. The summed E-state index contributed by atoms with van der Waals surface area (Å²) in [7, 11) is 1.78. The lowest BCUT2D eigenvalue weighted by atomic mass is 10.1. The van der Waals surface area contributed by atoms with E-state index in [1.165, 1.54) is 0 Å². The van der Waals surface area contributed by atoms with Crippen LogP contribution in [0.3, 0.4) is 0 Å². The molecule has 0 aliphatic carbocycles. The van der Waals surface area contributed by atoms with E-state index in [2.05, 4.69) is 15.0 Å². The van der Waals surface area contributed by atoms with E-state index in [4.69, 9.17) is 11.5 Å². The third-order valence-corrected chi connectivity index (χ3v) is 3.13. The zero-order valence-electron chi connectivity index (χ0n) is 10.5. The zero-order valence-corrected chi connectivity index (χ0v) is 10.5. The third kappa shape index (κ3) is 1.59. The zero-order chi connectivity index (χ0) is 13.7. The second kappa shape index (κ2) is 3.64. The molecule has 7 heteroatoms. The lowest BCUT2D eigenvalue weighted by Gasteiger charge is -2.14. The van der Waals surface area contributed by atoms with E-state index < -0.39 is 5.56 Å². The van der Waals surface area contributed by atoms with Crippen molar-refractivity contribution in [1.82, 2.24) is 19.5 Å². The molecule has 4 N–H and O–H groups in total. The SMILES string of the molecule is Cc1cc2nc3c(=O)nc(N)nc-3n(C)c2cc1N. The van der Waals surface area contributed by atoms with Crippen molar-refractivity contribution in [3.63, 3.8) is 0 Å². The van der Waals surface area contributed by atoms with E-state index in [0.29, 0.717) is 17.0 Å². The van der Waals surface area contributed by atoms with Gasteiger partial charge in [-0.2, -0.15) is 9.97 Å².